The van der Waals surface area contributed by atoms with Crippen LogP contribution >= 0.6 is 0 Å². The average molecular weight is 202 g/mol. The van der Waals surface area contributed by atoms with Gasteiger partial charge in [0.05, 0.1) is 0 Å². The third-order valence-electron chi connectivity index (χ3n) is 2.13. The van der Waals surface area contributed by atoms with Crippen LogP contribution in [-0.2, 0) is 4.79 Å². The summed E-state index contributed by atoms with van der Waals surface area (Å²) in [5, 5.41) is 0. The third-order valence-corrected chi connectivity index (χ3v) is 2.13. The lowest BCUT2D eigenvalue weighted by atomic mass is 9.98. The normalized spacial score (nSPS) is 15.9. The Balaban J connectivity index is 0. The van der Waals surface area contributed by atoms with E-state index in [1.165, 1.54) is 0 Å². The first-order valence-corrected chi connectivity index (χ1v) is 5.76. The van der Waals surface area contributed by atoms with Gasteiger partial charge in [0, 0.05) is 13.1 Å². The highest BCUT2D eigenvalue weighted by Crippen LogP contribution is 2.13. The molecule has 1 fully saturated rings. The highest BCUT2D eigenvalue weighted by atomic mass is 16.1. The van der Waals surface area contributed by atoms with Crippen LogP contribution in [0, 0.1) is 5.92 Å². The van der Waals surface area contributed by atoms with Crippen LogP contribution in [0.25, 0.3) is 0 Å². The van der Waals surface area contributed by atoms with Crippen LogP contribution < -0.4 is 5.73 Å². The minimum atomic E-state index is 0.649. The van der Waals surface area contributed by atoms with E-state index in [-0.39, 0.29) is 0 Å². The molecular formula is C11H26N2O. The maximum atomic E-state index is 10.2. The van der Waals surface area contributed by atoms with Crippen molar-refractivity contribution in [1.82, 2.24) is 4.90 Å². The summed E-state index contributed by atoms with van der Waals surface area (Å²) in [5.41, 5.74) is 5.48. The lowest BCUT2D eigenvalue weighted by molar-refractivity contribution is -0.119. The molecule has 0 aromatic carbocycles. The van der Waals surface area contributed by atoms with Crippen LogP contribution in [-0.4, -0.2) is 30.9 Å². The van der Waals surface area contributed by atoms with E-state index in [0.717, 1.165) is 38.9 Å². The second kappa shape index (κ2) is 12.4. The van der Waals surface area contributed by atoms with Crippen molar-refractivity contribution in [3.8, 4) is 0 Å². The van der Waals surface area contributed by atoms with Gasteiger partial charge in [-0.1, -0.05) is 27.7 Å². The van der Waals surface area contributed by atoms with Gasteiger partial charge in [-0.3, -0.25) is 4.79 Å². The Kier molecular flexibility index (Phi) is 14.1. The molecular weight excluding hydrogens is 176 g/mol. The summed E-state index contributed by atoms with van der Waals surface area (Å²) >= 11 is 0. The smallest absolute Gasteiger partial charge is 0.209 e. The van der Waals surface area contributed by atoms with Crippen molar-refractivity contribution in [2.24, 2.45) is 11.7 Å². The topological polar surface area (TPSA) is 46.3 Å². The van der Waals surface area contributed by atoms with Crippen LogP contribution in [0.15, 0.2) is 0 Å². The average Bonchev–Trinajstić information content (AvgIpc) is 2.34. The van der Waals surface area contributed by atoms with Gasteiger partial charge < -0.3 is 10.6 Å². The summed E-state index contributed by atoms with van der Waals surface area (Å²) in [5.74, 6) is 0.649. The molecule has 1 aliphatic rings. The number of carbonyl (C=O) groups is 1. The van der Waals surface area contributed by atoms with Gasteiger partial charge in [-0.2, -0.15) is 0 Å². The second-order valence-corrected chi connectivity index (χ2v) is 2.82. The molecule has 3 heteroatoms. The summed E-state index contributed by atoms with van der Waals surface area (Å²) in [6.07, 6.45) is 3.08. The molecule has 3 nitrogen and oxygen atoms in total. The molecule has 1 heterocycles. The number of hydrogen-bond donors (Lipinski definition) is 1. The van der Waals surface area contributed by atoms with Crippen LogP contribution in [0.1, 0.15) is 40.5 Å². The van der Waals surface area contributed by atoms with Crippen molar-refractivity contribution in [1.29, 1.82) is 0 Å². The van der Waals surface area contributed by atoms with Crippen molar-refractivity contribution in [2.45, 2.75) is 40.5 Å². The molecule has 1 aliphatic heterocycles. The molecule has 86 valence electrons. The largest absolute Gasteiger partial charge is 0.345 e. The molecule has 2 N–H and O–H groups in total. The Labute approximate surface area is 88.7 Å². The number of amides is 1. The molecule has 0 spiro atoms. The monoisotopic (exact) mass is 202 g/mol. The van der Waals surface area contributed by atoms with Gasteiger partial charge in [-0.15, -0.1) is 0 Å². The predicted octanol–water partition coefficient (Wildman–Crippen LogP) is 1.87. The van der Waals surface area contributed by atoms with Crippen molar-refractivity contribution < 1.29 is 4.79 Å². The summed E-state index contributed by atoms with van der Waals surface area (Å²) in [6, 6.07) is 0. The number of rotatable bonds is 2. The summed E-state index contributed by atoms with van der Waals surface area (Å²) in [6.45, 7) is 10.6. The minimum absolute atomic E-state index is 0.649. The maximum absolute atomic E-state index is 10.2. The van der Waals surface area contributed by atoms with Crippen LogP contribution in [0.3, 0.4) is 0 Å². The van der Waals surface area contributed by atoms with Crippen LogP contribution in [0.4, 0.5) is 0 Å². The van der Waals surface area contributed by atoms with E-state index >= 15 is 0 Å². The fourth-order valence-electron chi connectivity index (χ4n) is 1.29. The Morgan fingerprint density at radius 2 is 1.64 bits per heavy atom. The fourth-order valence-corrected chi connectivity index (χ4v) is 1.29. The Hall–Kier alpha value is -0.570. The predicted molar refractivity (Wildman–Crippen MR) is 62.1 cm³/mol. The number of piperidine rings is 1. The number of likely N-dealkylation sites (tertiary alicyclic amines) is 1. The van der Waals surface area contributed by atoms with E-state index in [9.17, 15) is 4.79 Å². The summed E-state index contributed by atoms with van der Waals surface area (Å²) < 4.78 is 0. The summed E-state index contributed by atoms with van der Waals surface area (Å²) in [7, 11) is 0. The Morgan fingerprint density at radius 3 is 1.93 bits per heavy atom. The van der Waals surface area contributed by atoms with Gasteiger partial charge in [-0.05, 0) is 25.3 Å². The molecule has 0 unspecified atom stereocenters. The molecule has 0 radical (unpaired) electrons. The molecule has 0 aliphatic carbocycles. The SMILES string of the molecule is CC.CC.NCC1CCN(C=O)CC1. The quantitative estimate of drug-likeness (QED) is 0.695. The van der Waals surface area contributed by atoms with Gasteiger partial charge in [-0.25, -0.2) is 0 Å². The highest BCUT2D eigenvalue weighted by Gasteiger charge is 2.15. The number of carbonyl (C=O) groups excluding carboxylic acids is 1. The van der Waals surface area contributed by atoms with Gasteiger partial charge in [0.1, 0.15) is 0 Å². The van der Waals surface area contributed by atoms with Gasteiger partial charge in [0.15, 0.2) is 0 Å². The second-order valence-electron chi connectivity index (χ2n) is 2.82. The van der Waals surface area contributed by atoms with Crippen molar-refractivity contribution in [3.63, 3.8) is 0 Å². The molecule has 0 saturated carbocycles. The van der Waals surface area contributed by atoms with E-state index in [2.05, 4.69) is 0 Å². The van der Waals surface area contributed by atoms with E-state index in [0.29, 0.717) is 5.92 Å². The van der Waals surface area contributed by atoms with Crippen molar-refractivity contribution in [2.75, 3.05) is 19.6 Å². The molecule has 0 bridgehead atoms. The Morgan fingerprint density at radius 1 is 1.21 bits per heavy atom. The van der Waals surface area contributed by atoms with Crippen molar-refractivity contribution >= 4 is 6.41 Å². The zero-order chi connectivity index (χ0) is 11.4. The van der Waals surface area contributed by atoms with Gasteiger partial charge in [0.25, 0.3) is 0 Å². The number of nitrogens with two attached hydrogens (primary N) is 1. The Bertz CT molecular complexity index is 110. The molecule has 0 aromatic heterocycles. The third kappa shape index (κ3) is 6.89. The zero-order valence-corrected chi connectivity index (χ0v) is 10.1. The first-order chi connectivity index (χ1) is 6.86. The van der Waals surface area contributed by atoms with E-state index in [1.807, 2.05) is 32.6 Å². The molecule has 1 amide bonds. The standard InChI is InChI=1S/C7H14N2O.2C2H6/c8-5-7-1-3-9(6-10)4-2-7;2*1-2/h6-7H,1-5,8H2;2*1-2H3. The first kappa shape index (κ1) is 15.9. The number of hydrogen-bond acceptors (Lipinski definition) is 2. The lowest BCUT2D eigenvalue weighted by Gasteiger charge is -2.27. The van der Waals surface area contributed by atoms with E-state index < -0.39 is 0 Å². The maximum Gasteiger partial charge on any atom is 0.209 e. The zero-order valence-electron chi connectivity index (χ0n) is 10.1. The molecule has 0 aromatic rings. The first-order valence-electron chi connectivity index (χ1n) is 5.76. The highest BCUT2D eigenvalue weighted by molar-refractivity contribution is 5.47. The fraction of sp³-hybridized carbons (Fsp3) is 0.909. The lowest BCUT2D eigenvalue weighted by Crippen LogP contribution is -2.34. The number of nitrogens with zero attached hydrogens (tertiary/aromatic N) is 1. The van der Waals surface area contributed by atoms with Crippen molar-refractivity contribution in [3.05, 3.63) is 0 Å². The molecule has 1 saturated heterocycles. The van der Waals surface area contributed by atoms with Crippen LogP contribution in [0.2, 0.25) is 0 Å². The molecule has 1 rings (SSSR count). The van der Waals surface area contributed by atoms with Gasteiger partial charge in [0.2, 0.25) is 6.41 Å². The van der Waals surface area contributed by atoms with Crippen LogP contribution in [0.5, 0.6) is 0 Å². The van der Waals surface area contributed by atoms with E-state index in [4.69, 9.17) is 5.73 Å². The van der Waals surface area contributed by atoms with E-state index in [1.54, 1.807) is 0 Å². The minimum Gasteiger partial charge on any atom is -0.345 e. The van der Waals surface area contributed by atoms with Gasteiger partial charge >= 0.3 is 0 Å². The molecule has 0 atom stereocenters. The summed E-state index contributed by atoms with van der Waals surface area (Å²) in [4.78, 5) is 12.1. The molecule has 14 heavy (non-hydrogen) atoms.